The molecule has 5 nitrogen and oxygen atoms in total. The smallest absolute Gasteiger partial charge is 0.336 e. The lowest BCUT2D eigenvalue weighted by atomic mass is 9.79. The summed E-state index contributed by atoms with van der Waals surface area (Å²) in [5, 5.41) is 3.36. The molecular formula is C14H20N2O3. The van der Waals surface area contributed by atoms with Crippen molar-refractivity contribution < 1.29 is 14.3 Å². The van der Waals surface area contributed by atoms with Crippen molar-refractivity contribution in [1.82, 2.24) is 10.2 Å². The van der Waals surface area contributed by atoms with Gasteiger partial charge in [-0.15, -0.1) is 0 Å². The highest BCUT2D eigenvalue weighted by Crippen LogP contribution is 2.42. The molecule has 104 valence electrons. The van der Waals surface area contributed by atoms with Crippen LogP contribution in [0.4, 0.5) is 0 Å². The first-order valence-corrected chi connectivity index (χ1v) is 7.04. The van der Waals surface area contributed by atoms with Gasteiger partial charge in [0.2, 0.25) is 5.91 Å². The third kappa shape index (κ3) is 1.96. The fourth-order valence-corrected chi connectivity index (χ4v) is 3.42. The first-order chi connectivity index (χ1) is 9.14. The summed E-state index contributed by atoms with van der Waals surface area (Å²) in [5.41, 5.74) is 1.17. The Bertz CT molecular complexity index is 448. The zero-order valence-corrected chi connectivity index (χ0v) is 11.3. The zero-order valence-electron chi connectivity index (χ0n) is 11.3. The number of carbonyl (C=O) groups is 2. The van der Waals surface area contributed by atoms with Gasteiger partial charge >= 0.3 is 5.97 Å². The second kappa shape index (κ2) is 4.63. The van der Waals surface area contributed by atoms with Crippen molar-refractivity contribution in [2.24, 2.45) is 5.41 Å². The maximum Gasteiger partial charge on any atom is 0.336 e. The molecule has 0 saturated carbocycles. The van der Waals surface area contributed by atoms with Crippen LogP contribution in [0.5, 0.6) is 0 Å². The number of rotatable bonds is 1. The van der Waals surface area contributed by atoms with E-state index >= 15 is 0 Å². The molecule has 3 rings (SSSR count). The van der Waals surface area contributed by atoms with E-state index in [4.69, 9.17) is 4.74 Å². The molecule has 0 radical (unpaired) electrons. The van der Waals surface area contributed by atoms with Crippen molar-refractivity contribution >= 4 is 11.9 Å². The van der Waals surface area contributed by atoms with Gasteiger partial charge in [-0.1, -0.05) is 0 Å². The van der Waals surface area contributed by atoms with Crippen molar-refractivity contribution in [1.29, 1.82) is 0 Å². The number of hydrogen-bond acceptors (Lipinski definition) is 4. The predicted molar refractivity (Wildman–Crippen MR) is 69.1 cm³/mol. The van der Waals surface area contributed by atoms with E-state index in [-0.39, 0.29) is 23.9 Å². The van der Waals surface area contributed by atoms with Gasteiger partial charge in [-0.05, 0) is 45.7 Å². The van der Waals surface area contributed by atoms with Crippen LogP contribution in [0.25, 0.3) is 0 Å². The van der Waals surface area contributed by atoms with Crippen LogP contribution >= 0.6 is 0 Å². The van der Waals surface area contributed by atoms with Crippen LogP contribution in [-0.4, -0.2) is 43.0 Å². The molecule has 19 heavy (non-hydrogen) atoms. The molecule has 2 fully saturated rings. The molecule has 0 aromatic heterocycles. The molecule has 0 aliphatic carbocycles. The van der Waals surface area contributed by atoms with Crippen LogP contribution in [-0.2, 0) is 14.3 Å². The van der Waals surface area contributed by atoms with E-state index in [0.29, 0.717) is 5.57 Å². The van der Waals surface area contributed by atoms with E-state index in [2.05, 4.69) is 5.32 Å². The summed E-state index contributed by atoms with van der Waals surface area (Å²) in [7, 11) is 0. The van der Waals surface area contributed by atoms with Crippen molar-refractivity contribution in [3.63, 3.8) is 0 Å². The lowest BCUT2D eigenvalue weighted by Crippen LogP contribution is -2.35. The maximum absolute atomic E-state index is 12.8. The van der Waals surface area contributed by atoms with Crippen molar-refractivity contribution in [3.8, 4) is 0 Å². The Morgan fingerprint density at radius 2 is 2.05 bits per heavy atom. The Balaban J connectivity index is 1.84. The fourth-order valence-electron chi connectivity index (χ4n) is 3.42. The Morgan fingerprint density at radius 3 is 2.79 bits per heavy atom. The van der Waals surface area contributed by atoms with Gasteiger partial charge in [0, 0.05) is 6.54 Å². The molecule has 2 saturated heterocycles. The van der Waals surface area contributed by atoms with E-state index in [9.17, 15) is 9.59 Å². The summed E-state index contributed by atoms with van der Waals surface area (Å²) in [6.45, 7) is 4.63. The highest BCUT2D eigenvalue weighted by Gasteiger charge is 2.48. The molecule has 5 heteroatoms. The molecule has 1 atom stereocenters. The van der Waals surface area contributed by atoms with Gasteiger partial charge in [-0.3, -0.25) is 4.79 Å². The molecule has 0 aromatic rings. The summed E-state index contributed by atoms with van der Waals surface area (Å²) in [5.74, 6) is -0.0878. The maximum atomic E-state index is 12.8. The molecule has 1 N–H and O–H groups in total. The third-order valence-corrected chi connectivity index (χ3v) is 4.71. The number of nitrogens with one attached hydrogen (secondary N) is 1. The number of ether oxygens (including phenoxy) is 1. The van der Waals surface area contributed by atoms with Crippen LogP contribution in [0.2, 0.25) is 0 Å². The molecule has 3 heterocycles. The van der Waals surface area contributed by atoms with Crippen molar-refractivity contribution in [3.05, 3.63) is 11.3 Å². The zero-order chi connectivity index (χ0) is 13.5. The summed E-state index contributed by atoms with van der Waals surface area (Å²) in [6.07, 6.45) is 3.81. The van der Waals surface area contributed by atoms with Gasteiger partial charge in [0.15, 0.2) is 0 Å². The number of carbonyl (C=O) groups excluding carboxylic acids is 2. The largest absolute Gasteiger partial charge is 0.456 e. The van der Waals surface area contributed by atoms with Gasteiger partial charge in [-0.25, -0.2) is 4.79 Å². The van der Waals surface area contributed by atoms with Crippen LogP contribution in [0.15, 0.2) is 11.3 Å². The number of cyclic esters (lactones) is 1. The van der Waals surface area contributed by atoms with Crippen LogP contribution in [0.1, 0.15) is 32.6 Å². The Morgan fingerprint density at radius 1 is 1.21 bits per heavy atom. The van der Waals surface area contributed by atoms with E-state index in [1.165, 1.54) is 0 Å². The van der Waals surface area contributed by atoms with Crippen LogP contribution in [0.3, 0.4) is 0 Å². The minimum atomic E-state index is -0.286. The van der Waals surface area contributed by atoms with Gasteiger partial charge in [0.25, 0.3) is 0 Å². The standard InChI is InChI=1S/C14H20N2O3/c1-10-11(9-19-12(10)17)16-8-5-14(13(16)18)3-2-6-15-7-4-14/h15H,2-9H2,1H3/t14-/m0/s1. The minimum Gasteiger partial charge on any atom is -0.456 e. The second-order valence-corrected chi connectivity index (χ2v) is 5.74. The summed E-state index contributed by atoms with van der Waals surface area (Å²) in [4.78, 5) is 26.0. The first kappa shape index (κ1) is 12.7. The number of hydrogen-bond donors (Lipinski definition) is 1. The van der Waals surface area contributed by atoms with Crippen molar-refractivity contribution in [2.45, 2.75) is 32.6 Å². The quantitative estimate of drug-likeness (QED) is 0.712. The second-order valence-electron chi connectivity index (χ2n) is 5.74. The van der Waals surface area contributed by atoms with Gasteiger partial charge in [0.05, 0.1) is 16.7 Å². The molecule has 3 aliphatic heterocycles. The average Bonchev–Trinajstić information content (AvgIpc) is 2.77. The van der Waals surface area contributed by atoms with Crippen LogP contribution in [0, 0.1) is 5.41 Å². The van der Waals surface area contributed by atoms with Crippen LogP contribution < -0.4 is 5.32 Å². The highest BCUT2D eigenvalue weighted by atomic mass is 16.5. The monoisotopic (exact) mass is 264 g/mol. The Kier molecular flexibility index (Phi) is 3.09. The number of likely N-dealkylation sites (tertiary alicyclic amines) is 1. The summed E-state index contributed by atoms with van der Waals surface area (Å²) >= 11 is 0. The molecule has 3 aliphatic rings. The van der Waals surface area contributed by atoms with Crippen molar-refractivity contribution in [2.75, 3.05) is 26.2 Å². The molecule has 0 bridgehead atoms. The Hall–Kier alpha value is -1.36. The number of nitrogens with zero attached hydrogens (tertiary/aromatic N) is 1. The molecule has 1 spiro atoms. The lowest BCUT2D eigenvalue weighted by molar-refractivity contribution is -0.137. The summed E-state index contributed by atoms with van der Waals surface area (Å²) < 4.78 is 5.02. The van der Waals surface area contributed by atoms with Gasteiger partial charge in [0.1, 0.15) is 6.61 Å². The normalized spacial score (nSPS) is 32.2. The minimum absolute atomic E-state index is 0.198. The van der Waals surface area contributed by atoms with Gasteiger partial charge in [-0.2, -0.15) is 0 Å². The van der Waals surface area contributed by atoms with E-state index in [1.54, 1.807) is 11.8 Å². The third-order valence-electron chi connectivity index (χ3n) is 4.71. The number of amides is 1. The molecule has 0 aromatic carbocycles. The van der Waals surface area contributed by atoms with E-state index in [0.717, 1.165) is 51.0 Å². The van der Waals surface area contributed by atoms with Gasteiger partial charge < -0.3 is 15.0 Å². The fraction of sp³-hybridized carbons (Fsp3) is 0.714. The topological polar surface area (TPSA) is 58.6 Å². The highest BCUT2D eigenvalue weighted by molar-refractivity contribution is 5.94. The molecular weight excluding hydrogens is 244 g/mol. The SMILES string of the molecule is CC1=C(N2CC[C@@]3(CCCNCC3)C2=O)COC1=O. The molecule has 0 unspecified atom stereocenters. The lowest BCUT2D eigenvalue weighted by Gasteiger charge is -2.26. The Labute approximate surface area is 113 Å². The summed E-state index contributed by atoms with van der Waals surface area (Å²) in [6, 6.07) is 0. The predicted octanol–water partition coefficient (Wildman–Crippen LogP) is 0.809. The number of esters is 1. The van der Waals surface area contributed by atoms with E-state index in [1.807, 2.05) is 0 Å². The first-order valence-electron chi connectivity index (χ1n) is 7.04. The average molecular weight is 264 g/mol. The molecule has 1 amide bonds. The van der Waals surface area contributed by atoms with E-state index < -0.39 is 0 Å².